The summed E-state index contributed by atoms with van der Waals surface area (Å²) in [6.07, 6.45) is 6.93. The van der Waals surface area contributed by atoms with Crippen molar-refractivity contribution in [1.82, 2.24) is 9.80 Å². The highest BCUT2D eigenvalue weighted by Crippen LogP contribution is 2.29. The third-order valence-corrected chi connectivity index (χ3v) is 4.47. The van der Waals surface area contributed by atoms with Gasteiger partial charge in [0.25, 0.3) is 0 Å². The predicted octanol–water partition coefficient (Wildman–Crippen LogP) is 1.14. The van der Waals surface area contributed by atoms with Gasteiger partial charge in [-0.05, 0) is 26.4 Å². The lowest BCUT2D eigenvalue weighted by molar-refractivity contribution is 0.0911. The van der Waals surface area contributed by atoms with Crippen molar-refractivity contribution in [3.63, 3.8) is 0 Å². The monoisotopic (exact) mass is 225 g/mol. The molecule has 2 fully saturated rings. The average Bonchev–Trinajstić information content (AvgIpc) is 2.74. The van der Waals surface area contributed by atoms with Gasteiger partial charge in [-0.2, -0.15) is 0 Å². The highest BCUT2D eigenvalue weighted by Gasteiger charge is 2.29. The van der Waals surface area contributed by atoms with E-state index in [-0.39, 0.29) is 0 Å². The van der Waals surface area contributed by atoms with Crippen molar-refractivity contribution < 1.29 is 0 Å². The summed E-state index contributed by atoms with van der Waals surface area (Å²) in [5.41, 5.74) is 6.41. The van der Waals surface area contributed by atoms with Gasteiger partial charge in [0.15, 0.2) is 0 Å². The van der Waals surface area contributed by atoms with Gasteiger partial charge in [-0.15, -0.1) is 0 Å². The molecule has 0 spiro atoms. The van der Waals surface area contributed by atoms with E-state index in [4.69, 9.17) is 5.73 Å². The summed E-state index contributed by atoms with van der Waals surface area (Å²) in [4.78, 5) is 4.87. The minimum absolute atomic E-state index is 0.371. The molecular formula is C13H27N3. The lowest BCUT2D eigenvalue weighted by Crippen LogP contribution is -2.57. The molecule has 0 aromatic rings. The van der Waals surface area contributed by atoms with Crippen molar-refractivity contribution in [3.8, 4) is 0 Å². The molecule has 0 aromatic carbocycles. The van der Waals surface area contributed by atoms with E-state index in [1.54, 1.807) is 0 Å². The lowest BCUT2D eigenvalue weighted by atomic mass is 9.92. The van der Waals surface area contributed by atoms with Gasteiger partial charge >= 0.3 is 0 Å². The quantitative estimate of drug-likeness (QED) is 0.782. The summed E-state index contributed by atoms with van der Waals surface area (Å²) in [5.74, 6) is 0.913. The predicted molar refractivity (Wildman–Crippen MR) is 68.5 cm³/mol. The van der Waals surface area contributed by atoms with Gasteiger partial charge in [-0.25, -0.2) is 0 Å². The summed E-state index contributed by atoms with van der Waals surface area (Å²) in [7, 11) is 4.44. The fourth-order valence-electron chi connectivity index (χ4n) is 3.29. The van der Waals surface area contributed by atoms with E-state index in [0.29, 0.717) is 12.1 Å². The van der Waals surface area contributed by atoms with Crippen LogP contribution in [-0.4, -0.2) is 55.6 Å². The van der Waals surface area contributed by atoms with Crippen LogP contribution in [0.15, 0.2) is 0 Å². The summed E-state index contributed by atoms with van der Waals surface area (Å²) >= 11 is 0. The molecule has 2 unspecified atom stereocenters. The van der Waals surface area contributed by atoms with Crippen molar-refractivity contribution in [1.29, 1.82) is 0 Å². The Hall–Kier alpha value is -0.120. The van der Waals surface area contributed by atoms with Crippen LogP contribution in [0, 0.1) is 5.92 Å². The number of nitrogens with two attached hydrogens (primary N) is 1. The van der Waals surface area contributed by atoms with E-state index >= 15 is 0 Å². The fraction of sp³-hybridized carbons (Fsp3) is 1.00. The molecular weight excluding hydrogens is 198 g/mol. The second kappa shape index (κ2) is 5.48. The molecule has 1 aliphatic heterocycles. The number of piperazine rings is 1. The number of likely N-dealkylation sites (N-methyl/N-ethyl adjacent to an activating group) is 2. The first-order valence-electron chi connectivity index (χ1n) is 6.81. The Labute approximate surface area is 100.0 Å². The van der Waals surface area contributed by atoms with E-state index in [1.807, 2.05) is 0 Å². The van der Waals surface area contributed by atoms with E-state index in [0.717, 1.165) is 12.5 Å². The maximum absolute atomic E-state index is 6.41. The summed E-state index contributed by atoms with van der Waals surface area (Å²) in [5, 5.41) is 0. The van der Waals surface area contributed by atoms with Gasteiger partial charge < -0.3 is 10.6 Å². The minimum atomic E-state index is 0.371. The van der Waals surface area contributed by atoms with E-state index < -0.39 is 0 Å². The van der Waals surface area contributed by atoms with Crippen LogP contribution >= 0.6 is 0 Å². The Morgan fingerprint density at radius 2 is 1.88 bits per heavy atom. The first kappa shape index (κ1) is 12.3. The smallest absolute Gasteiger partial charge is 0.0371 e. The lowest BCUT2D eigenvalue weighted by Gasteiger charge is -2.41. The fourth-order valence-corrected chi connectivity index (χ4v) is 3.29. The van der Waals surface area contributed by atoms with Crippen molar-refractivity contribution in [2.45, 2.75) is 44.2 Å². The number of rotatable bonds is 3. The molecule has 0 amide bonds. The zero-order valence-electron chi connectivity index (χ0n) is 10.9. The largest absolute Gasteiger partial charge is 0.326 e. The van der Waals surface area contributed by atoms with Crippen LogP contribution in [0.2, 0.25) is 0 Å². The zero-order chi connectivity index (χ0) is 11.5. The Morgan fingerprint density at radius 3 is 2.56 bits per heavy atom. The van der Waals surface area contributed by atoms with E-state index in [1.165, 1.54) is 45.2 Å². The van der Waals surface area contributed by atoms with Gasteiger partial charge in [0.05, 0.1) is 0 Å². The van der Waals surface area contributed by atoms with Crippen LogP contribution in [0.3, 0.4) is 0 Å². The molecule has 3 heteroatoms. The molecule has 0 radical (unpaired) electrons. The SMILES string of the molecule is CN1CCN(C)C(C(N)CC2CCCC2)C1. The second-order valence-corrected chi connectivity index (χ2v) is 5.86. The van der Waals surface area contributed by atoms with Crippen LogP contribution in [-0.2, 0) is 0 Å². The third kappa shape index (κ3) is 2.96. The summed E-state index contributed by atoms with van der Waals surface area (Å²) in [6.45, 7) is 3.49. The van der Waals surface area contributed by atoms with Gasteiger partial charge in [0, 0.05) is 31.7 Å². The van der Waals surface area contributed by atoms with Gasteiger partial charge in [0.2, 0.25) is 0 Å². The number of nitrogens with zero attached hydrogens (tertiary/aromatic N) is 2. The molecule has 3 nitrogen and oxygen atoms in total. The third-order valence-electron chi connectivity index (χ3n) is 4.47. The summed E-state index contributed by atoms with van der Waals surface area (Å²) < 4.78 is 0. The molecule has 1 saturated heterocycles. The Balaban J connectivity index is 1.84. The first-order chi connectivity index (χ1) is 7.66. The van der Waals surface area contributed by atoms with Crippen LogP contribution < -0.4 is 5.73 Å². The Morgan fingerprint density at radius 1 is 1.19 bits per heavy atom. The molecule has 16 heavy (non-hydrogen) atoms. The Bertz CT molecular complexity index is 213. The molecule has 1 saturated carbocycles. The van der Waals surface area contributed by atoms with Gasteiger partial charge in [0.1, 0.15) is 0 Å². The number of hydrogen-bond donors (Lipinski definition) is 1. The molecule has 1 aliphatic carbocycles. The molecule has 2 aliphatic rings. The number of hydrogen-bond acceptors (Lipinski definition) is 3. The molecule has 0 bridgehead atoms. The molecule has 2 rings (SSSR count). The molecule has 2 atom stereocenters. The average molecular weight is 225 g/mol. The highest BCUT2D eigenvalue weighted by atomic mass is 15.3. The topological polar surface area (TPSA) is 32.5 Å². The van der Waals surface area contributed by atoms with Crippen molar-refractivity contribution in [2.75, 3.05) is 33.7 Å². The van der Waals surface area contributed by atoms with Gasteiger partial charge in [-0.3, -0.25) is 4.90 Å². The summed E-state index contributed by atoms with van der Waals surface area (Å²) in [6, 6.07) is 0.940. The van der Waals surface area contributed by atoms with E-state index in [9.17, 15) is 0 Å². The maximum Gasteiger partial charge on any atom is 0.0371 e. The molecule has 1 heterocycles. The highest BCUT2D eigenvalue weighted by molar-refractivity contribution is 4.88. The zero-order valence-corrected chi connectivity index (χ0v) is 10.9. The van der Waals surface area contributed by atoms with Crippen molar-refractivity contribution in [3.05, 3.63) is 0 Å². The molecule has 2 N–H and O–H groups in total. The van der Waals surface area contributed by atoms with Crippen LogP contribution in [0.1, 0.15) is 32.1 Å². The van der Waals surface area contributed by atoms with Crippen LogP contribution in [0.5, 0.6) is 0 Å². The van der Waals surface area contributed by atoms with Crippen molar-refractivity contribution >= 4 is 0 Å². The van der Waals surface area contributed by atoms with Gasteiger partial charge in [-0.1, -0.05) is 25.7 Å². The van der Waals surface area contributed by atoms with Crippen LogP contribution in [0.25, 0.3) is 0 Å². The normalized spacial score (nSPS) is 32.1. The Kier molecular flexibility index (Phi) is 4.22. The molecule has 0 aromatic heterocycles. The van der Waals surface area contributed by atoms with Crippen LogP contribution in [0.4, 0.5) is 0 Å². The molecule has 94 valence electrons. The first-order valence-corrected chi connectivity index (χ1v) is 6.81. The second-order valence-electron chi connectivity index (χ2n) is 5.86. The van der Waals surface area contributed by atoms with E-state index in [2.05, 4.69) is 23.9 Å². The maximum atomic E-state index is 6.41. The van der Waals surface area contributed by atoms with Crippen molar-refractivity contribution in [2.24, 2.45) is 11.7 Å². The standard InChI is InChI=1S/C13H27N3/c1-15-7-8-16(2)13(10-15)12(14)9-11-5-3-4-6-11/h11-13H,3-10,14H2,1-2H3. The minimum Gasteiger partial charge on any atom is -0.326 e.